The molecule has 1 fully saturated rings. The predicted molar refractivity (Wildman–Crippen MR) is 118 cm³/mol. The van der Waals surface area contributed by atoms with Crippen LogP contribution in [0.15, 0.2) is 30.3 Å². The van der Waals surface area contributed by atoms with E-state index in [1.807, 2.05) is 0 Å². The molecular weight excluding hydrogens is 541 g/mol. The van der Waals surface area contributed by atoms with Gasteiger partial charge in [0.25, 0.3) is 12.3 Å². The first-order valence-corrected chi connectivity index (χ1v) is 11.0. The van der Waals surface area contributed by atoms with E-state index in [1.54, 1.807) is 5.32 Å². The third kappa shape index (κ3) is 6.54. The van der Waals surface area contributed by atoms with Crippen molar-refractivity contribution >= 4 is 35.0 Å². The maximum absolute atomic E-state index is 14.8. The van der Waals surface area contributed by atoms with Gasteiger partial charge in [-0.15, -0.1) is 0 Å². The highest BCUT2D eigenvalue weighted by Gasteiger charge is 2.52. The molecule has 1 saturated heterocycles. The van der Waals surface area contributed by atoms with E-state index in [0.717, 1.165) is 6.07 Å². The molecule has 0 radical (unpaired) electrons. The number of alkyl halides is 5. The zero-order valence-electron chi connectivity index (χ0n) is 18.2. The second-order valence-corrected chi connectivity index (χ2v) is 8.65. The summed E-state index contributed by atoms with van der Waals surface area (Å²) in [5.74, 6) is -4.00. The zero-order chi connectivity index (χ0) is 26.7. The Labute approximate surface area is 210 Å². The zero-order valence-corrected chi connectivity index (χ0v) is 19.7. The van der Waals surface area contributed by atoms with Crippen LogP contribution in [0.1, 0.15) is 5.56 Å². The van der Waals surface area contributed by atoms with Gasteiger partial charge < -0.3 is 20.1 Å². The van der Waals surface area contributed by atoms with Crippen molar-refractivity contribution in [1.29, 1.82) is 0 Å². The molecule has 196 valence electrons. The van der Waals surface area contributed by atoms with Crippen LogP contribution >= 0.6 is 23.2 Å². The number of nitrogens with one attached hydrogen (secondary N) is 2. The van der Waals surface area contributed by atoms with E-state index in [4.69, 9.17) is 32.7 Å². The van der Waals surface area contributed by atoms with Crippen LogP contribution in [0.25, 0.3) is 11.1 Å². The number of benzene rings is 2. The van der Waals surface area contributed by atoms with Crippen molar-refractivity contribution in [2.75, 3.05) is 26.4 Å². The predicted octanol–water partition coefficient (Wildman–Crippen LogP) is 4.55. The highest BCUT2D eigenvalue weighted by Crippen LogP contribution is 2.39. The van der Waals surface area contributed by atoms with Gasteiger partial charge in [-0.2, -0.15) is 13.2 Å². The largest absolute Gasteiger partial charge is 0.485 e. The molecule has 1 aliphatic heterocycles. The average molecular weight is 559 g/mol. The molecule has 14 heteroatoms. The molecule has 1 heterocycles. The van der Waals surface area contributed by atoms with E-state index in [9.17, 15) is 35.9 Å². The Kier molecular flexibility index (Phi) is 8.63. The summed E-state index contributed by atoms with van der Waals surface area (Å²) in [5, 5.41) is 4.11. The number of amides is 2. The molecule has 0 atom stereocenters. The van der Waals surface area contributed by atoms with Crippen molar-refractivity contribution in [2.45, 2.75) is 24.6 Å². The molecule has 0 unspecified atom stereocenters. The summed E-state index contributed by atoms with van der Waals surface area (Å²) in [6.45, 7) is -1.99. The maximum atomic E-state index is 14.8. The highest BCUT2D eigenvalue weighted by molar-refractivity contribution is 6.36. The van der Waals surface area contributed by atoms with Crippen molar-refractivity contribution in [3.8, 4) is 16.9 Å². The molecule has 2 aromatic rings. The molecule has 0 aliphatic carbocycles. The molecule has 2 aromatic carbocycles. The van der Waals surface area contributed by atoms with E-state index in [2.05, 4.69) is 5.32 Å². The molecule has 2 amide bonds. The number of halogens is 8. The van der Waals surface area contributed by atoms with Gasteiger partial charge in [0, 0.05) is 17.1 Å². The van der Waals surface area contributed by atoms with Crippen LogP contribution in [0.4, 0.5) is 26.3 Å². The minimum atomic E-state index is -5.18. The first kappa shape index (κ1) is 27.9. The van der Waals surface area contributed by atoms with Crippen molar-refractivity contribution < 1.29 is 45.4 Å². The average Bonchev–Trinajstić information content (AvgIpc) is 2.75. The lowest BCUT2D eigenvalue weighted by Gasteiger charge is -2.40. The molecule has 36 heavy (non-hydrogen) atoms. The van der Waals surface area contributed by atoms with Gasteiger partial charge in [-0.3, -0.25) is 9.59 Å². The van der Waals surface area contributed by atoms with Crippen LogP contribution in [0.3, 0.4) is 0 Å². The second kappa shape index (κ2) is 11.1. The van der Waals surface area contributed by atoms with Gasteiger partial charge in [-0.25, -0.2) is 13.2 Å². The molecule has 0 aromatic heterocycles. The van der Waals surface area contributed by atoms with E-state index in [1.165, 1.54) is 24.3 Å². The summed E-state index contributed by atoms with van der Waals surface area (Å²) >= 11 is 12.1. The van der Waals surface area contributed by atoms with Gasteiger partial charge >= 0.3 is 12.1 Å². The molecule has 6 nitrogen and oxygen atoms in total. The quantitative estimate of drug-likeness (QED) is 0.443. The Bertz CT molecular complexity index is 1140. The molecular formula is C22H18Cl2F6N2O4. The number of carbonyl (C=O) groups is 2. The minimum absolute atomic E-state index is 0.0446. The summed E-state index contributed by atoms with van der Waals surface area (Å²) < 4.78 is 87.5. The molecule has 0 saturated carbocycles. The van der Waals surface area contributed by atoms with Gasteiger partial charge in [0.1, 0.15) is 18.2 Å². The summed E-state index contributed by atoms with van der Waals surface area (Å²) in [5.41, 5.74) is -1.32. The monoisotopic (exact) mass is 558 g/mol. The fourth-order valence-electron chi connectivity index (χ4n) is 3.32. The SMILES string of the molecule is O=C(NC1(C(=O)NCCc2ccc(-c3cc(Cl)cc(Cl)c3OCC(F)F)cc2F)COC1)C(F)(F)F. The number of ether oxygens (including phenoxy) is 2. The summed E-state index contributed by atoms with van der Waals surface area (Å²) in [4.78, 5) is 23.6. The number of hydrogen-bond donors (Lipinski definition) is 2. The Morgan fingerprint density at radius 3 is 2.39 bits per heavy atom. The Morgan fingerprint density at radius 2 is 1.83 bits per heavy atom. The van der Waals surface area contributed by atoms with Crippen molar-refractivity contribution in [3.63, 3.8) is 0 Å². The van der Waals surface area contributed by atoms with Gasteiger partial charge in [0.2, 0.25) is 0 Å². The number of carbonyl (C=O) groups excluding carboxylic acids is 2. The first-order chi connectivity index (χ1) is 16.8. The third-order valence-electron chi connectivity index (χ3n) is 5.15. The van der Waals surface area contributed by atoms with E-state index in [0.29, 0.717) is 0 Å². The van der Waals surface area contributed by atoms with E-state index < -0.39 is 55.6 Å². The topological polar surface area (TPSA) is 76.7 Å². The maximum Gasteiger partial charge on any atom is 0.471 e. The number of hydrogen-bond acceptors (Lipinski definition) is 4. The van der Waals surface area contributed by atoms with Gasteiger partial charge in [-0.05, 0) is 35.7 Å². The van der Waals surface area contributed by atoms with Crippen LogP contribution in [0, 0.1) is 5.82 Å². The molecule has 2 N–H and O–H groups in total. The van der Waals surface area contributed by atoms with Gasteiger partial charge in [-0.1, -0.05) is 35.3 Å². The normalized spacial score (nSPS) is 14.8. The van der Waals surface area contributed by atoms with Crippen LogP contribution in [-0.2, 0) is 20.7 Å². The van der Waals surface area contributed by atoms with Crippen molar-refractivity contribution in [3.05, 3.63) is 51.8 Å². The Hall–Kier alpha value is -2.70. The van der Waals surface area contributed by atoms with Crippen LogP contribution < -0.4 is 15.4 Å². The molecule has 3 rings (SSSR count). The smallest absolute Gasteiger partial charge is 0.471 e. The Morgan fingerprint density at radius 1 is 1.14 bits per heavy atom. The van der Waals surface area contributed by atoms with Crippen LogP contribution in [0.2, 0.25) is 10.0 Å². The van der Waals surface area contributed by atoms with Crippen LogP contribution in [-0.4, -0.2) is 56.3 Å². The van der Waals surface area contributed by atoms with Gasteiger partial charge in [0.05, 0.1) is 18.2 Å². The third-order valence-corrected chi connectivity index (χ3v) is 5.65. The first-order valence-electron chi connectivity index (χ1n) is 10.3. The fourth-order valence-corrected chi connectivity index (χ4v) is 3.87. The molecule has 1 aliphatic rings. The summed E-state index contributed by atoms with van der Waals surface area (Å²) in [6, 6.07) is 6.59. The lowest BCUT2D eigenvalue weighted by atomic mass is 9.95. The molecule has 0 spiro atoms. The second-order valence-electron chi connectivity index (χ2n) is 7.81. The lowest BCUT2D eigenvalue weighted by Crippen LogP contribution is -2.71. The fraction of sp³-hybridized carbons (Fsp3) is 0.364. The highest BCUT2D eigenvalue weighted by atomic mass is 35.5. The standard InChI is InChI=1S/C22H18Cl2F6N2O4/c23-13-6-14(18(15(24)7-13)36-8-17(26)27)12-2-1-11(16(25)5-12)3-4-31-19(33)21(9-35-10-21)32-20(34)22(28,29)30/h1-2,5-7,17H,3-4,8-10H2,(H,31,33)(H,32,34). The van der Waals surface area contributed by atoms with Crippen molar-refractivity contribution in [2.24, 2.45) is 0 Å². The lowest BCUT2D eigenvalue weighted by molar-refractivity contribution is -0.183. The van der Waals surface area contributed by atoms with Gasteiger partial charge in [0.15, 0.2) is 5.54 Å². The van der Waals surface area contributed by atoms with E-state index in [-0.39, 0.29) is 45.5 Å². The van der Waals surface area contributed by atoms with E-state index >= 15 is 0 Å². The number of rotatable bonds is 9. The van der Waals surface area contributed by atoms with Crippen molar-refractivity contribution in [1.82, 2.24) is 10.6 Å². The van der Waals surface area contributed by atoms with Crippen LogP contribution in [0.5, 0.6) is 5.75 Å². The minimum Gasteiger partial charge on any atom is -0.485 e. The molecule has 0 bridgehead atoms. The summed E-state index contributed by atoms with van der Waals surface area (Å²) in [7, 11) is 0. The summed E-state index contributed by atoms with van der Waals surface area (Å²) in [6.07, 6.45) is -8.00. The Balaban J connectivity index is 1.68.